The molecule has 0 bridgehead atoms. The molecule has 0 aliphatic heterocycles. The minimum Gasteiger partial charge on any atom is -0.481 e. The molecule has 0 aromatic carbocycles. The van der Waals surface area contributed by atoms with Crippen molar-refractivity contribution >= 4 is 11.7 Å². The van der Waals surface area contributed by atoms with Crippen LogP contribution in [0.4, 0.5) is 5.69 Å². The SMILES string of the molecule is COc1cc(NCC2(C(=O)O)CCCC2)ccn1. The molecular weight excluding hydrogens is 232 g/mol. The Morgan fingerprint density at radius 3 is 2.89 bits per heavy atom. The molecule has 1 saturated carbocycles. The van der Waals surface area contributed by atoms with Crippen molar-refractivity contribution in [3.8, 4) is 5.88 Å². The number of methoxy groups -OCH3 is 1. The van der Waals surface area contributed by atoms with E-state index in [-0.39, 0.29) is 0 Å². The molecule has 0 saturated heterocycles. The second-order valence-electron chi connectivity index (χ2n) is 4.73. The highest BCUT2D eigenvalue weighted by atomic mass is 16.5. The van der Waals surface area contributed by atoms with Crippen LogP contribution in [-0.2, 0) is 4.79 Å². The molecule has 0 spiro atoms. The summed E-state index contributed by atoms with van der Waals surface area (Å²) in [6.45, 7) is 0.454. The first-order valence-corrected chi connectivity index (χ1v) is 6.14. The summed E-state index contributed by atoms with van der Waals surface area (Å²) in [4.78, 5) is 15.4. The van der Waals surface area contributed by atoms with Gasteiger partial charge in [-0.3, -0.25) is 4.79 Å². The largest absolute Gasteiger partial charge is 0.481 e. The maximum absolute atomic E-state index is 11.4. The summed E-state index contributed by atoms with van der Waals surface area (Å²) >= 11 is 0. The Balaban J connectivity index is 2.03. The normalized spacial score (nSPS) is 17.4. The van der Waals surface area contributed by atoms with Crippen LogP contribution in [0.2, 0.25) is 0 Å². The smallest absolute Gasteiger partial charge is 0.311 e. The fraction of sp³-hybridized carbons (Fsp3) is 0.538. The summed E-state index contributed by atoms with van der Waals surface area (Å²) in [5.74, 6) is -0.177. The lowest BCUT2D eigenvalue weighted by Crippen LogP contribution is -2.35. The highest BCUT2D eigenvalue weighted by molar-refractivity contribution is 5.76. The van der Waals surface area contributed by atoms with E-state index in [1.165, 1.54) is 0 Å². The number of nitrogens with one attached hydrogen (secondary N) is 1. The summed E-state index contributed by atoms with van der Waals surface area (Å²) in [6.07, 6.45) is 5.12. The predicted octanol–water partition coefficient (Wildman–Crippen LogP) is 2.15. The summed E-state index contributed by atoms with van der Waals surface area (Å²) in [5, 5.41) is 12.5. The quantitative estimate of drug-likeness (QED) is 0.837. The van der Waals surface area contributed by atoms with E-state index in [1.54, 1.807) is 19.4 Å². The average molecular weight is 250 g/mol. The number of anilines is 1. The van der Waals surface area contributed by atoms with Gasteiger partial charge in [-0.1, -0.05) is 12.8 Å². The van der Waals surface area contributed by atoms with Gasteiger partial charge >= 0.3 is 5.97 Å². The van der Waals surface area contributed by atoms with Gasteiger partial charge in [0.1, 0.15) is 0 Å². The Morgan fingerprint density at radius 2 is 2.28 bits per heavy atom. The molecule has 5 nitrogen and oxygen atoms in total. The number of carboxylic acid groups (broad SMARTS) is 1. The summed E-state index contributed by atoms with van der Waals surface area (Å²) in [5.41, 5.74) is 0.227. The van der Waals surface area contributed by atoms with Gasteiger partial charge in [-0.25, -0.2) is 4.98 Å². The lowest BCUT2D eigenvalue weighted by molar-refractivity contribution is -0.147. The molecule has 1 heterocycles. The molecule has 2 rings (SSSR count). The molecular formula is C13H18N2O3. The zero-order valence-corrected chi connectivity index (χ0v) is 10.5. The molecule has 2 N–H and O–H groups in total. The predicted molar refractivity (Wildman–Crippen MR) is 67.8 cm³/mol. The van der Waals surface area contributed by atoms with Crippen molar-refractivity contribution in [2.24, 2.45) is 5.41 Å². The number of carboxylic acids is 1. The number of nitrogens with zero attached hydrogens (tertiary/aromatic N) is 1. The van der Waals surface area contributed by atoms with E-state index in [2.05, 4.69) is 10.3 Å². The second-order valence-corrected chi connectivity index (χ2v) is 4.73. The lowest BCUT2D eigenvalue weighted by Gasteiger charge is -2.24. The van der Waals surface area contributed by atoms with E-state index >= 15 is 0 Å². The topological polar surface area (TPSA) is 71.5 Å². The Kier molecular flexibility index (Phi) is 3.69. The van der Waals surface area contributed by atoms with Gasteiger partial charge in [0.25, 0.3) is 0 Å². The van der Waals surface area contributed by atoms with Gasteiger partial charge in [-0.2, -0.15) is 0 Å². The molecule has 5 heteroatoms. The number of pyridine rings is 1. The highest BCUT2D eigenvalue weighted by Crippen LogP contribution is 2.38. The van der Waals surface area contributed by atoms with Crippen LogP contribution in [0.3, 0.4) is 0 Å². The first-order chi connectivity index (χ1) is 8.66. The number of rotatable bonds is 5. The number of ether oxygens (including phenoxy) is 1. The fourth-order valence-corrected chi connectivity index (χ4v) is 2.42. The zero-order valence-electron chi connectivity index (χ0n) is 10.5. The van der Waals surface area contributed by atoms with Crippen LogP contribution >= 0.6 is 0 Å². The number of carbonyl (C=O) groups is 1. The van der Waals surface area contributed by atoms with E-state index in [9.17, 15) is 9.90 Å². The third kappa shape index (κ3) is 2.55. The summed E-state index contributed by atoms with van der Waals surface area (Å²) in [6, 6.07) is 3.58. The number of hydrogen-bond acceptors (Lipinski definition) is 4. The highest BCUT2D eigenvalue weighted by Gasteiger charge is 2.40. The van der Waals surface area contributed by atoms with Crippen molar-refractivity contribution < 1.29 is 14.6 Å². The van der Waals surface area contributed by atoms with Crippen molar-refractivity contribution in [3.63, 3.8) is 0 Å². The van der Waals surface area contributed by atoms with E-state index < -0.39 is 11.4 Å². The molecule has 0 radical (unpaired) electrons. The Morgan fingerprint density at radius 1 is 1.56 bits per heavy atom. The van der Waals surface area contributed by atoms with E-state index in [1.807, 2.05) is 6.07 Å². The van der Waals surface area contributed by atoms with Crippen molar-refractivity contribution in [3.05, 3.63) is 18.3 Å². The number of hydrogen-bond donors (Lipinski definition) is 2. The van der Waals surface area contributed by atoms with Crippen molar-refractivity contribution in [1.82, 2.24) is 4.98 Å². The van der Waals surface area contributed by atoms with Gasteiger partial charge in [-0.15, -0.1) is 0 Å². The molecule has 1 aromatic heterocycles. The molecule has 0 atom stereocenters. The second kappa shape index (κ2) is 5.25. The Labute approximate surface area is 106 Å². The average Bonchev–Trinajstić information content (AvgIpc) is 2.87. The maximum atomic E-state index is 11.4. The van der Waals surface area contributed by atoms with E-state index in [0.29, 0.717) is 12.4 Å². The first kappa shape index (κ1) is 12.7. The molecule has 1 aliphatic rings. The number of aromatic nitrogens is 1. The molecule has 18 heavy (non-hydrogen) atoms. The molecule has 98 valence electrons. The Hall–Kier alpha value is -1.78. The summed E-state index contributed by atoms with van der Waals surface area (Å²) in [7, 11) is 1.56. The third-order valence-electron chi connectivity index (χ3n) is 3.59. The van der Waals surface area contributed by atoms with Crippen LogP contribution in [0, 0.1) is 5.41 Å². The van der Waals surface area contributed by atoms with Crippen molar-refractivity contribution in [2.75, 3.05) is 19.0 Å². The van der Waals surface area contributed by atoms with Crippen LogP contribution in [0.25, 0.3) is 0 Å². The molecule has 1 aromatic rings. The Bertz CT molecular complexity index is 428. The fourth-order valence-electron chi connectivity index (χ4n) is 2.42. The van der Waals surface area contributed by atoms with Crippen LogP contribution in [0.15, 0.2) is 18.3 Å². The van der Waals surface area contributed by atoms with Gasteiger partial charge in [-0.05, 0) is 18.9 Å². The molecule has 0 unspecified atom stereocenters. The minimum atomic E-state index is -0.700. The molecule has 1 aliphatic carbocycles. The van der Waals surface area contributed by atoms with Crippen LogP contribution < -0.4 is 10.1 Å². The van der Waals surface area contributed by atoms with Gasteiger partial charge in [0.15, 0.2) is 0 Å². The zero-order chi connectivity index (χ0) is 13.0. The number of aliphatic carboxylic acids is 1. The van der Waals surface area contributed by atoms with Gasteiger partial charge in [0, 0.05) is 24.5 Å². The van der Waals surface area contributed by atoms with Crippen molar-refractivity contribution in [2.45, 2.75) is 25.7 Å². The van der Waals surface area contributed by atoms with Crippen molar-refractivity contribution in [1.29, 1.82) is 0 Å². The maximum Gasteiger partial charge on any atom is 0.311 e. The standard InChI is InChI=1S/C13H18N2O3/c1-18-11-8-10(4-7-14-11)15-9-13(12(16)17)5-2-3-6-13/h4,7-8H,2-3,5-6,9H2,1H3,(H,14,15)(H,16,17). The minimum absolute atomic E-state index is 0.454. The lowest BCUT2D eigenvalue weighted by atomic mass is 9.86. The first-order valence-electron chi connectivity index (χ1n) is 6.14. The summed E-state index contributed by atoms with van der Waals surface area (Å²) < 4.78 is 5.03. The monoisotopic (exact) mass is 250 g/mol. The van der Waals surface area contributed by atoms with Crippen LogP contribution in [0.5, 0.6) is 5.88 Å². The van der Waals surface area contributed by atoms with E-state index in [4.69, 9.17) is 4.74 Å². The van der Waals surface area contributed by atoms with E-state index in [0.717, 1.165) is 31.4 Å². The van der Waals surface area contributed by atoms with Gasteiger partial charge in [0.2, 0.25) is 5.88 Å². The molecule has 1 fully saturated rings. The van der Waals surface area contributed by atoms with Gasteiger partial charge < -0.3 is 15.2 Å². The van der Waals surface area contributed by atoms with Crippen LogP contribution in [0.1, 0.15) is 25.7 Å². The molecule has 0 amide bonds. The van der Waals surface area contributed by atoms with Gasteiger partial charge in [0.05, 0.1) is 12.5 Å². The van der Waals surface area contributed by atoms with Crippen LogP contribution in [-0.4, -0.2) is 29.7 Å². The third-order valence-corrected chi connectivity index (χ3v) is 3.59.